The molecule has 0 aliphatic carbocycles. The minimum atomic E-state index is -0.749. The molecule has 9 nitrogen and oxygen atoms in total. The summed E-state index contributed by atoms with van der Waals surface area (Å²) in [6.45, 7) is 4.86. The standard InChI is InChI=1S/C19H25ClN4O5/c20-15-3-1-14(2-4-15)19(27)24-9-12-29-16(24)13-22-18(26)17(25)21-5-6-23-7-10-28-11-8-23/h1-4,16H,5-13H2,(H,21,25)(H,22,26)/t16-/m0/s1. The Kier molecular flexibility index (Phi) is 7.82. The Hall–Kier alpha value is -2.20. The number of halogens is 1. The Morgan fingerprint density at radius 3 is 2.41 bits per heavy atom. The summed E-state index contributed by atoms with van der Waals surface area (Å²) in [7, 11) is 0. The molecule has 2 saturated heterocycles. The number of rotatable bonds is 6. The van der Waals surface area contributed by atoms with Gasteiger partial charge in [-0.05, 0) is 24.3 Å². The van der Waals surface area contributed by atoms with Crippen LogP contribution in [0.2, 0.25) is 5.02 Å². The fraction of sp³-hybridized carbons (Fsp3) is 0.526. The van der Waals surface area contributed by atoms with Gasteiger partial charge in [-0.3, -0.25) is 19.3 Å². The van der Waals surface area contributed by atoms with Crippen LogP contribution in [0, 0.1) is 0 Å². The zero-order chi connectivity index (χ0) is 20.6. The lowest BCUT2D eigenvalue weighted by Crippen LogP contribution is -2.48. The molecule has 0 radical (unpaired) electrons. The highest BCUT2D eigenvalue weighted by atomic mass is 35.5. The van der Waals surface area contributed by atoms with Crippen molar-refractivity contribution in [2.45, 2.75) is 6.23 Å². The van der Waals surface area contributed by atoms with Crippen molar-refractivity contribution in [1.29, 1.82) is 0 Å². The number of carbonyl (C=O) groups excluding carboxylic acids is 3. The van der Waals surface area contributed by atoms with E-state index in [-0.39, 0.29) is 12.5 Å². The molecule has 0 spiro atoms. The minimum absolute atomic E-state index is 0.0368. The Bertz CT molecular complexity index is 724. The fourth-order valence-corrected chi connectivity index (χ4v) is 3.30. The molecule has 1 aromatic carbocycles. The van der Waals surface area contributed by atoms with Crippen LogP contribution < -0.4 is 10.6 Å². The van der Waals surface area contributed by atoms with Gasteiger partial charge >= 0.3 is 11.8 Å². The Morgan fingerprint density at radius 1 is 1.00 bits per heavy atom. The highest BCUT2D eigenvalue weighted by Gasteiger charge is 2.31. The summed E-state index contributed by atoms with van der Waals surface area (Å²) in [6, 6.07) is 6.56. The van der Waals surface area contributed by atoms with Gasteiger partial charge in [0.1, 0.15) is 6.23 Å². The van der Waals surface area contributed by atoms with Crippen LogP contribution in [-0.2, 0) is 19.1 Å². The normalized spacial score (nSPS) is 19.8. The summed E-state index contributed by atoms with van der Waals surface area (Å²) in [5.41, 5.74) is 0.483. The number of nitrogens with one attached hydrogen (secondary N) is 2. The van der Waals surface area contributed by atoms with E-state index < -0.39 is 18.0 Å². The molecule has 10 heteroatoms. The van der Waals surface area contributed by atoms with Crippen LogP contribution in [-0.4, -0.2) is 92.8 Å². The largest absolute Gasteiger partial charge is 0.379 e. The number of carbonyl (C=O) groups is 3. The molecule has 2 N–H and O–H groups in total. The van der Waals surface area contributed by atoms with Crippen LogP contribution in [0.15, 0.2) is 24.3 Å². The van der Waals surface area contributed by atoms with Crippen LogP contribution in [0.4, 0.5) is 0 Å². The average Bonchev–Trinajstić information content (AvgIpc) is 3.21. The second-order valence-corrected chi connectivity index (χ2v) is 7.19. The summed E-state index contributed by atoms with van der Waals surface area (Å²) in [5.74, 6) is -1.67. The van der Waals surface area contributed by atoms with Gasteiger partial charge < -0.3 is 25.0 Å². The smallest absolute Gasteiger partial charge is 0.309 e. The molecule has 2 fully saturated rings. The molecular weight excluding hydrogens is 400 g/mol. The SMILES string of the molecule is O=C(NCCN1CCOCC1)C(=O)NC[C@@H]1OCCN1C(=O)c1ccc(Cl)cc1. The first-order chi connectivity index (χ1) is 14.0. The highest BCUT2D eigenvalue weighted by molar-refractivity contribution is 6.35. The van der Waals surface area contributed by atoms with E-state index in [0.717, 1.165) is 13.1 Å². The van der Waals surface area contributed by atoms with Gasteiger partial charge in [0.25, 0.3) is 5.91 Å². The van der Waals surface area contributed by atoms with Crippen molar-refractivity contribution >= 4 is 29.3 Å². The molecule has 3 amide bonds. The van der Waals surface area contributed by atoms with E-state index in [1.165, 1.54) is 4.90 Å². The van der Waals surface area contributed by atoms with Crippen molar-refractivity contribution in [2.24, 2.45) is 0 Å². The molecule has 158 valence electrons. The van der Waals surface area contributed by atoms with E-state index in [9.17, 15) is 14.4 Å². The van der Waals surface area contributed by atoms with Gasteiger partial charge in [0.15, 0.2) is 0 Å². The molecule has 2 aliphatic heterocycles. The van der Waals surface area contributed by atoms with Crippen molar-refractivity contribution in [2.75, 3.05) is 59.1 Å². The Balaban J connectivity index is 1.41. The molecule has 0 bridgehead atoms. The number of benzene rings is 1. The van der Waals surface area contributed by atoms with Crippen molar-refractivity contribution in [3.05, 3.63) is 34.9 Å². The second kappa shape index (κ2) is 10.5. The molecular formula is C19H25ClN4O5. The van der Waals surface area contributed by atoms with E-state index in [0.29, 0.717) is 50.0 Å². The number of ether oxygens (including phenoxy) is 2. The number of hydrogen-bond acceptors (Lipinski definition) is 6. The first kappa shape index (κ1) is 21.5. The van der Waals surface area contributed by atoms with Gasteiger partial charge in [0.05, 0.1) is 26.4 Å². The van der Waals surface area contributed by atoms with Crippen molar-refractivity contribution in [3.63, 3.8) is 0 Å². The monoisotopic (exact) mass is 424 g/mol. The van der Waals surface area contributed by atoms with Gasteiger partial charge in [-0.15, -0.1) is 0 Å². The topological polar surface area (TPSA) is 100 Å². The molecule has 1 aromatic rings. The minimum Gasteiger partial charge on any atom is -0.379 e. The molecule has 2 aliphatic rings. The molecule has 0 unspecified atom stereocenters. The quantitative estimate of drug-likeness (QED) is 0.608. The lowest BCUT2D eigenvalue weighted by Gasteiger charge is -2.26. The lowest BCUT2D eigenvalue weighted by molar-refractivity contribution is -0.139. The first-order valence-corrected chi connectivity index (χ1v) is 9.96. The lowest BCUT2D eigenvalue weighted by atomic mass is 10.2. The zero-order valence-electron chi connectivity index (χ0n) is 16.1. The molecule has 2 heterocycles. The summed E-state index contributed by atoms with van der Waals surface area (Å²) in [6.07, 6.45) is -0.622. The van der Waals surface area contributed by atoms with Crippen molar-refractivity contribution in [1.82, 2.24) is 20.4 Å². The van der Waals surface area contributed by atoms with Crippen LogP contribution >= 0.6 is 11.6 Å². The Morgan fingerprint density at radius 2 is 1.69 bits per heavy atom. The van der Waals surface area contributed by atoms with Crippen LogP contribution in [0.25, 0.3) is 0 Å². The fourth-order valence-electron chi connectivity index (χ4n) is 3.17. The van der Waals surface area contributed by atoms with Crippen LogP contribution in [0.5, 0.6) is 0 Å². The van der Waals surface area contributed by atoms with E-state index in [1.807, 2.05) is 0 Å². The summed E-state index contributed by atoms with van der Waals surface area (Å²) in [5, 5.41) is 5.68. The van der Waals surface area contributed by atoms with E-state index >= 15 is 0 Å². The number of morpholine rings is 1. The Labute approximate surface area is 174 Å². The number of hydrogen-bond donors (Lipinski definition) is 2. The summed E-state index contributed by atoms with van der Waals surface area (Å²) < 4.78 is 10.8. The molecule has 0 saturated carbocycles. The van der Waals surface area contributed by atoms with E-state index in [2.05, 4.69) is 15.5 Å². The maximum atomic E-state index is 12.6. The third kappa shape index (κ3) is 6.14. The molecule has 3 rings (SSSR count). The molecule has 1 atom stereocenters. The zero-order valence-corrected chi connectivity index (χ0v) is 16.8. The summed E-state index contributed by atoms with van der Waals surface area (Å²) in [4.78, 5) is 40.3. The molecule has 0 aromatic heterocycles. The third-order valence-corrected chi connectivity index (χ3v) is 5.05. The van der Waals surface area contributed by atoms with Crippen LogP contribution in [0.1, 0.15) is 10.4 Å². The predicted octanol–water partition coefficient (Wildman–Crippen LogP) is -0.297. The van der Waals surface area contributed by atoms with Crippen LogP contribution in [0.3, 0.4) is 0 Å². The van der Waals surface area contributed by atoms with Crippen molar-refractivity contribution < 1.29 is 23.9 Å². The second-order valence-electron chi connectivity index (χ2n) is 6.75. The van der Waals surface area contributed by atoms with Gasteiger partial charge in [0, 0.05) is 43.3 Å². The highest BCUT2D eigenvalue weighted by Crippen LogP contribution is 2.16. The van der Waals surface area contributed by atoms with Gasteiger partial charge in [-0.2, -0.15) is 0 Å². The maximum Gasteiger partial charge on any atom is 0.309 e. The van der Waals surface area contributed by atoms with Gasteiger partial charge in [0.2, 0.25) is 0 Å². The predicted molar refractivity (Wildman–Crippen MR) is 106 cm³/mol. The van der Waals surface area contributed by atoms with Gasteiger partial charge in [-0.1, -0.05) is 11.6 Å². The third-order valence-electron chi connectivity index (χ3n) is 4.80. The maximum absolute atomic E-state index is 12.6. The van der Waals surface area contributed by atoms with Crippen molar-refractivity contribution in [3.8, 4) is 0 Å². The van der Waals surface area contributed by atoms with E-state index in [1.54, 1.807) is 24.3 Å². The van der Waals surface area contributed by atoms with Gasteiger partial charge in [-0.25, -0.2) is 0 Å². The van der Waals surface area contributed by atoms with E-state index in [4.69, 9.17) is 21.1 Å². The number of amides is 3. The summed E-state index contributed by atoms with van der Waals surface area (Å²) >= 11 is 5.86. The molecule has 29 heavy (non-hydrogen) atoms. The average molecular weight is 425 g/mol. The first-order valence-electron chi connectivity index (χ1n) is 9.59. The number of nitrogens with zero attached hydrogens (tertiary/aromatic N) is 2.